The molecule has 0 heterocycles. The summed E-state index contributed by atoms with van der Waals surface area (Å²) in [5.74, 6) is 1.73. The van der Waals surface area contributed by atoms with Gasteiger partial charge in [0.15, 0.2) is 0 Å². The molecule has 1 aromatic rings. The van der Waals surface area contributed by atoms with Crippen LogP contribution >= 0.6 is 0 Å². The molecule has 0 spiro atoms. The maximum Gasteiger partial charge on any atom is 0.128 e. The Labute approximate surface area is 110 Å². The van der Waals surface area contributed by atoms with E-state index >= 15 is 0 Å². The molecule has 0 saturated carbocycles. The van der Waals surface area contributed by atoms with Crippen LogP contribution in [0.4, 0.5) is 0 Å². The Morgan fingerprint density at radius 2 is 1.94 bits per heavy atom. The minimum absolute atomic E-state index is 0.161. The van der Waals surface area contributed by atoms with E-state index in [1.54, 1.807) is 7.11 Å². The van der Waals surface area contributed by atoms with Crippen molar-refractivity contribution in [3.05, 3.63) is 23.8 Å². The zero-order valence-corrected chi connectivity index (χ0v) is 12.1. The van der Waals surface area contributed by atoms with E-state index in [1.807, 2.05) is 26.0 Å². The van der Waals surface area contributed by atoms with Gasteiger partial charge in [-0.1, -0.05) is 13.0 Å². The first kappa shape index (κ1) is 14.8. The number of hydrogen-bond acceptors (Lipinski definition) is 3. The Balaban J connectivity index is 2.93. The second-order valence-electron chi connectivity index (χ2n) is 4.75. The van der Waals surface area contributed by atoms with Gasteiger partial charge in [0.2, 0.25) is 0 Å². The van der Waals surface area contributed by atoms with Crippen LogP contribution in [0.1, 0.15) is 45.7 Å². The summed E-state index contributed by atoms with van der Waals surface area (Å²) in [6.07, 6.45) is 1.29. The SMILES string of the molecule is CCCNC(C)c1ccc(OC)cc1OC(C)C. The molecular formula is C15H25NO2. The number of benzene rings is 1. The van der Waals surface area contributed by atoms with E-state index in [0.29, 0.717) is 0 Å². The third-order valence-electron chi connectivity index (χ3n) is 2.75. The molecule has 0 fully saturated rings. The Morgan fingerprint density at radius 3 is 2.50 bits per heavy atom. The quantitative estimate of drug-likeness (QED) is 0.804. The van der Waals surface area contributed by atoms with Crippen molar-refractivity contribution in [1.29, 1.82) is 0 Å². The van der Waals surface area contributed by atoms with Crippen molar-refractivity contribution in [2.45, 2.75) is 46.3 Å². The van der Waals surface area contributed by atoms with Crippen LogP contribution in [0.25, 0.3) is 0 Å². The molecule has 0 aromatic heterocycles. The molecule has 3 nitrogen and oxygen atoms in total. The molecule has 1 aromatic carbocycles. The molecule has 0 bridgehead atoms. The van der Waals surface area contributed by atoms with Gasteiger partial charge >= 0.3 is 0 Å². The van der Waals surface area contributed by atoms with Gasteiger partial charge in [0, 0.05) is 17.7 Å². The van der Waals surface area contributed by atoms with Crippen molar-refractivity contribution >= 4 is 0 Å². The van der Waals surface area contributed by atoms with Crippen molar-refractivity contribution < 1.29 is 9.47 Å². The van der Waals surface area contributed by atoms with Gasteiger partial charge in [-0.05, 0) is 39.8 Å². The predicted molar refractivity (Wildman–Crippen MR) is 75.5 cm³/mol. The van der Waals surface area contributed by atoms with Crippen LogP contribution < -0.4 is 14.8 Å². The first-order chi connectivity index (χ1) is 8.58. The molecule has 1 N–H and O–H groups in total. The lowest BCUT2D eigenvalue weighted by Crippen LogP contribution is -2.20. The summed E-state index contributed by atoms with van der Waals surface area (Å²) >= 11 is 0. The first-order valence-electron chi connectivity index (χ1n) is 6.66. The third-order valence-corrected chi connectivity index (χ3v) is 2.75. The molecule has 0 amide bonds. The average molecular weight is 251 g/mol. The summed E-state index contributed by atoms with van der Waals surface area (Å²) in [4.78, 5) is 0. The van der Waals surface area contributed by atoms with Crippen LogP contribution in [0.5, 0.6) is 11.5 Å². The monoisotopic (exact) mass is 251 g/mol. The fraction of sp³-hybridized carbons (Fsp3) is 0.600. The highest BCUT2D eigenvalue weighted by Crippen LogP contribution is 2.30. The number of ether oxygens (including phenoxy) is 2. The smallest absolute Gasteiger partial charge is 0.128 e. The lowest BCUT2D eigenvalue weighted by Gasteiger charge is -2.20. The van der Waals surface area contributed by atoms with Crippen molar-refractivity contribution in [2.24, 2.45) is 0 Å². The van der Waals surface area contributed by atoms with Crippen LogP contribution in [-0.4, -0.2) is 19.8 Å². The summed E-state index contributed by atoms with van der Waals surface area (Å²) < 4.78 is 11.1. The Bertz CT molecular complexity index is 364. The van der Waals surface area contributed by atoms with E-state index < -0.39 is 0 Å². The highest BCUT2D eigenvalue weighted by Gasteiger charge is 2.13. The summed E-state index contributed by atoms with van der Waals surface area (Å²) in [5.41, 5.74) is 1.18. The normalized spacial score (nSPS) is 12.6. The fourth-order valence-electron chi connectivity index (χ4n) is 1.83. The maximum absolute atomic E-state index is 5.87. The van der Waals surface area contributed by atoms with Gasteiger partial charge < -0.3 is 14.8 Å². The highest BCUT2D eigenvalue weighted by molar-refractivity contribution is 5.42. The lowest BCUT2D eigenvalue weighted by atomic mass is 10.1. The van der Waals surface area contributed by atoms with Gasteiger partial charge in [-0.15, -0.1) is 0 Å². The van der Waals surface area contributed by atoms with E-state index in [2.05, 4.69) is 25.2 Å². The molecular weight excluding hydrogens is 226 g/mol. The van der Waals surface area contributed by atoms with E-state index in [1.165, 1.54) is 5.56 Å². The molecule has 0 saturated heterocycles. The molecule has 1 unspecified atom stereocenters. The van der Waals surface area contributed by atoms with Crippen LogP contribution in [0, 0.1) is 0 Å². The zero-order chi connectivity index (χ0) is 13.5. The standard InChI is InChI=1S/C15H25NO2/c1-6-9-16-12(4)14-8-7-13(17-5)10-15(14)18-11(2)3/h7-8,10-12,16H,6,9H2,1-5H3. The zero-order valence-electron chi connectivity index (χ0n) is 12.1. The molecule has 0 aliphatic rings. The summed E-state index contributed by atoms with van der Waals surface area (Å²) in [6.45, 7) is 9.40. The fourth-order valence-corrected chi connectivity index (χ4v) is 1.83. The van der Waals surface area contributed by atoms with E-state index in [-0.39, 0.29) is 12.1 Å². The summed E-state index contributed by atoms with van der Waals surface area (Å²) in [5, 5.41) is 3.48. The van der Waals surface area contributed by atoms with E-state index in [9.17, 15) is 0 Å². The summed E-state index contributed by atoms with van der Waals surface area (Å²) in [7, 11) is 1.67. The van der Waals surface area contributed by atoms with Crippen LogP contribution in [0.3, 0.4) is 0 Å². The van der Waals surface area contributed by atoms with E-state index in [0.717, 1.165) is 24.5 Å². The molecule has 0 radical (unpaired) electrons. The van der Waals surface area contributed by atoms with Crippen molar-refractivity contribution in [3.63, 3.8) is 0 Å². The van der Waals surface area contributed by atoms with E-state index in [4.69, 9.17) is 9.47 Å². The second-order valence-corrected chi connectivity index (χ2v) is 4.75. The molecule has 3 heteroatoms. The largest absolute Gasteiger partial charge is 0.497 e. The first-order valence-corrected chi connectivity index (χ1v) is 6.66. The van der Waals surface area contributed by atoms with Gasteiger partial charge in [-0.3, -0.25) is 0 Å². The lowest BCUT2D eigenvalue weighted by molar-refractivity contribution is 0.237. The van der Waals surface area contributed by atoms with Crippen molar-refractivity contribution in [2.75, 3.05) is 13.7 Å². The minimum Gasteiger partial charge on any atom is -0.497 e. The molecule has 1 atom stereocenters. The average Bonchev–Trinajstić information content (AvgIpc) is 2.35. The van der Waals surface area contributed by atoms with Crippen LogP contribution in [0.2, 0.25) is 0 Å². The Hall–Kier alpha value is -1.22. The predicted octanol–water partition coefficient (Wildman–Crippen LogP) is 3.54. The number of rotatable bonds is 7. The minimum atomic E-state index is 0.161. The van der Waals surface area contributed by atoms with Gasteiger partial charge in [-0.25, -0.2) is 0 Å². The summed E-state index contributed by atoms with van der Waals surface area (Å²) in [6, 6.07) is 6.29. The molecule has 18 heavy (non-hydrogen) atoms. The molecule has 1 rings (SSSR count). The molecule has 0 aliphatic carbocycles. The second kappa shape index (κ2) is 7.27. The number of hydrogen-bond donors (Lipinski definition) is 1. The van der Waals surface area contributed by atoms with Gasteiger partial charge in [-0.2, -0.15) is 0 Å². The van der Waals surface area contributed by atoms with Crippen LogP contribution in [0.15, 0.2) is 18.2 Å². The highest BCUT2D eigenvalue weighted by atomic mass is 16.5. The molecule has 0 aliphatic heterocycles. The topological polar surface area (TPSA) is 30.5 Å². The van der Waals surface area contributed by atoms with Gasteiger partial charge in [0.05, 0.1) is 13.2 Å². The Morgan fingerprint density at radius 1 is 1.22 bits per heavy atom. The van der Waals surface area contributed by atoms with Crippen molar-refractivity contribution in [1.82, 2.24) is 5.32 Å². The number of methoxy groups -OCH3 is 1. The molecule has 102 valence electrons. The van der Waals surface area contributed by atoms with Gasteiger partial charge in [0.25, 0.3) is 0 Å². The van der Waals surface area contributed by atoms with Crippen LogP contribution in [-0.2, 0) is 0 Å². The Kier molecular flexibility index (Phi) is 5.99. The number of nitrogens with one attached hydrogen (secondary N) is 1. The van der Waals surface area contributed by atoms with Crippen molar-refractivity contribution in [3.8, 4) is 11.5 Å². The third kappa shape index (κ3) is 4.22. The maximum atomic E-state index is 5.87. The van der Waals surface area contributed by atoms with Gasteiger partial charge in [0.1, 0.15) is 11.5 Å².